The van der Waals surface area contributed by atoms with Crippen LogP contribution in [0.5, 0.6) is 0 Å². The average molecular weight is 514 g/mol. The van der Waals surface area contributed by atoms with Gasteiger partial charge in [0.25, 0.3) is 10.0 Å². The van der Waals surface area contributed by atoms with E-state index in [0.29, 0.717) is 13.0 Å². The number of likely N-dealkylation sites (tertiary alicyclic amines) is 1. The second-order valence-electron chi connectivity index (χ2n) is 8.45. The van der Waals surface area contributed by atoms with Gasteiger partial charge in [-0.2, -0.15) is 0 Å². The van der Waals surface area contributed by atoms with Crippen molar-refractivity contribution in [1.82, 2.24) is 10.2 Å². The predicted molar refractivity (Wildman–Crippen MR) is 130 cm³/mol. The van der Waals surface area contributed by atoms with E-state index >= 15 is 0 Å². The van der Waals surface area contributed by atoms with Crippen molar-refractivity contribution in [3.05, 3.63) is 95.6 Å². The molecule has 0 saturated carbocycles. The van der Waals surface area contributed by atoms with Crippen LogP contribution in [0.15, 0.2) is 77.7 Å². The number of nitrogens with zero attached hydrogens (tertiary/aromatic N) is 2. The van der Waals surface area contributed by atoms with Gasteiger partial charge in [-0.15, -0.1) is 0 Å². The summed E-state index contributed by atoms with van der Waals surface area (Å²) in [5.74, 6) is -1.58. The van der Waals surface area contributed by atoms with E-state index in [4.69, 9.17) is 0 Å². The van der Waals surface area contributed by atoms with E-state index in [2.05, 4.69) is 5.32 Å². The van der Waals surface area contributed by atoms with Crippen molar-refractivity contribution in [3.63, 3.8) is 0 Å². The molecular formula is C26H25F2N3O4S. The zero-order valence-corrected chi connectivity index (χ0v) is 20.2. The molecule has 2 amide bonds. The highest BCUT2D eigenvalue weighted by Crippen LogP contribution is 2.24. The van der Waals surface area contributed by atoms with Gasteiger partial charge in [0.1, 0.15) is 18.2 Å². The molecule has 0 aromatic heterocycles. The molecule has 1 fully saturated rings. The Kier molecular flexibility index (Phi) is 7.64. The number of sulfonamides is 1. The van der Waals surface area contributed by atoms with Crippen LogP contribution < -0.4 is 9.62 Å². The maximum atomic E-state index is 13.4. The number of hydrogen-bond acceptors (Lipinski definition) is 4. The number of hydrogen-bond donors (Lipinski definition) is 1. The van der Waals surface area contributed by atoms with E-state index in [1.165, 1.54) is 12.1 Å². The molecular weight excluding hydrogens is 488 g/mol. The molecule has 36 heavy (non-hydrogen) atoms. The van der Waals surface area contributed by atoms with Crippen LogP contribution in [0.1, 0.15) is 24.0 Å². The lowest BCUT2D eigenvalue weighted by molar-refractivity contribution is -0.128. The topological polar surface area (TPSA) is 86.8 Å². The van der Waals surface area contributed by atoms with Crippen molar-refractivity contribution in [2.75, 3.05) is 17.4 Å². The fourth-order valence-corrected chi connectivity index (χ4v) is 5.32. The molecule has 1 saturated heterocycles. The lowest BCUT2D eigenvalue weighted by Crippen LogP contribution is -2.40. The summed E-state index contributed by atoms with van der Waals surface area (Å²) in [6.45, 7) is 0.900. The molecule has 10 heteroatoms. The second-order valence-corrected chi connectivity index (χ2v) is 10.3. The Morgan fingerprint density at radius 3 is 2.06 bits per heavy atom. The van der Waals surface area contributed by atoms with Crippen molar-refractivity contribution in [2.24, 2.45) is 0 Å². The molecule has 0 unspecified atom stereocenters. The van der Waals surface area contributed by atoms with Gasteiger partial charge >= 0.3 is 0 Å². The Bertz CT molecular complexity index is 1330. The highest BCUT2D eigenvalue weighted by atomic mass is 32.2. The molecule has 3 aromatic rings. The van der Waals surface area contributed by atoms with Crippen LogP contribution in [-0.4, -0.2) is 38.2 Å². The monoisotopic (exact) mass is 513 g/mol. The summed E-state index contributed by atoms with van der Waals surface area (Å²) < 4.78 is 54.1. The van der Waals surface area contributed by atoms with Gasteiger partial charge in [0.05, 0.1) is 10.6 Å². The predicted octanol–water partition coefficient (Wildman–Crippen LogP) is 3.60. The van der Waals surface area contributed by atoms with Gasteiger partial charge in [-0.1, -0.05) is 24.3 Å². The molecule has 1 N–H and O–H groups in total. The Balaban J connectivity index is 1.44. The lowest BCUT2D eigenvalue weighted by Gasteiger charge is -2.24. The third kappa shape index (κ3) is 6.06. The van der Waals surface area contributed by atoms with Gasteiger partial charge in [0, 0.05) is 26.1 Å². The first-order valence-corrected chi connectivity index (χ1v) is 12.8. The summed E-state index contributed by atoms with van der Waals surface area (Å²) in [6.07, 6.45) is 1.45. The zero-order valence-electron chi connectivity index (χ0n) is 19.4. The number of nitrogens with one attached hydrogen (secondary N) is 1. The van der Waals surface area contributed by atoms with Gasteiger partial charge in [-0.25, -0.2) is 17.2 Å². The lowest BCUT2D eigenvalue weighted by atomic mass is 10.1. The van der Waals surface area contributed by atoms with Gasteiger partial charge in [0.15, 0.2) is 0 Å². The van der Waals surface area contributed by atoms with Crippen LogP contribution in [-0.2, 0) is 32.7 Å². The minimum atomic E-state index is -4.23. The summed E-state index contributed by atoms with van der Waals surface area (Å²) in [5.41, 5.74) is 1.87. The van der Waals surface area contributed by atoms with Crippen LogP contribution in [0.25, 0.3) is 0 Å². The van der Waals surface area contributed by atoms with E-state index in [1.807, 2.05) is 29.2 Å². The largest absolute Gasteiger partial charge is 0.350 e. The van der Waals surface area contributed by atoms with Gasteiger partial charge in [-0.05, 0) is 66.1 Å². The molecule has 188 valence electrons. The highest BCUT2D eigenvalue weighted by molar-refractivity contribution is 7.92. The molecule has 4 rings (SSSR count). The van der Waals surface area contributed by atoms with Crippen LogP contribution >= 0.6 is 0 Å². The Morgan fingerprint density at radius 2 is 1.47 bits per heavy atom. The molecule has 0 atom stereocenters. The molecule has 1 heterocycles. The van der Waals surface area contributed by atoms with E-state index < -0.39 is 34.1 Å². The minimum absolute atomic E-state index is 0.0942. The van der Waals surface area contributed by atoms with Gasteiger partial charge in [0.2, 0.25) is 11.8 Å². The van der Waals surface area contributed by atoms with Gasteiger partial charge in [-0.3, -0.25) is 13.9 Å². The van der Waals surface area contributed by atoms with Crippen LogP contribution in [0.3, 0.4) is 0 Å². The average Bonchev–Trinajstić information content (AvgIpc) is 3.27. The van der Waals surface area contributed by atoms with E-state index in [1.54, 1.807) is 0 Å². The van der Waals surface area contributed by atoms with E-state index in [9.17, 15) is 26.8 Å². The molecule has 1 aliphatic heterocycles. The third-order valence-electron chi connectivity index (χ3n) is 5.86. The Labute approximate surface area is 208 Å². The Hall–Kier alpha value is -3.79. The number of anilines is 1. The maximum Gasteiger partial charge on any atom is 0.264 e. The number of benzene rings is 3. The molecule has 3 aromatic carbocycles. The van der Waals surface area contributed by atoms with Crippen molar-refractivity contribution < 1.29 is 26.8 Å². The highest BCUT2D eigenvalue weighted by Gasteiger charge is 2.27. The van der Waals surface area contributed by atoms with E-state index in [-0.39, 0.29) is 23.0 Å². The van der Waals surface area contributed by atoms with Crippen molar-refractivity contribution in [3.8, 4) is 0 Å². The zero-order chi connectivity index (χ0) is 25.7. The fourth-order valence-electron chi connectivity index (χ4n) is 3.90. The first-order chi connectivity index (χ1) is 17.2. The summed E-state index contributed by atoms with van der Waals surface area (Å²) >= 11 is 0. The van der Waals surface area contributed by atoms with Crippen LogP contribution in [0.4, 0.5) is 14.5 Å². The second kappa shape index (κ2) is 10.9. The first-order valence-electron chi connectivity index (χ1n) is 11.4. The number of carbonyl (C=O) groups excluding carboxylic acids is 2. The molecule has 0 radical (unpaired) electrons. The summed E-state index contributed by atoms with van der Waals surface area (Å²) in [7, 11) is -4.23. The molecule has 0 aliphatic carbocycles. The SMILES string of the molecule is O=C(CN(c1ccc(F)cc1)S(=O)(=O)c1ccc(F)cc1)NCc1ccc(CN2CCCC2=O)cc1. The van der Waals surface area contributed by atoms with Gasteiger partial charge < -0.3 is 10.2 Å². The molecule has 0 spiro atoms. The fraction of sp³-hybridized carbons (Fsp3) is 0.231. The van der Waals surface area contributed by atoms with Crippen molar-refractivity contribution >= 4 is 27.5 Å². The number of carbonyl (C=O) groups is 2. The summed E-state index contributed by atoms with van der Waals surface area (Å²) in [6, 6.07) is 16.4. The summed E-state index contributed by atoms with van der Waals surface area (Å²) in [5, 5.41) is 2.70. The Morgan fingerprint density at radius 1 is 0.889 bits per heavy atom. The van der Waals surface area contributed by atoms with Crippen molar-refractivity contribution in [2.45, 2.75) is 30.8 Å². The summed E-state index contributed by atoms with van der Waals surface area (Å²) in [4.78, 5) is 26.1. The maximum absolute atomic E-state index is 13.4. The number of rotatable bonds is 9. The standard InChI is InChI=1S/C26H25F2N3O4S/c27-21-7-11-23(12-8-21)31(36(34,35)24-13-9-22(28)10-14-24)18-25(32)29-16-19-3-5-20(6-4-19)17-30-15-1-2-26(30)33/h3-14H,1-2,15-18H2,(H,29,32). The third-order valence-corrected chi connectivity index (χ3v) is 7.65. The number of amides is 2. The smallest absolute Gasteiger partial charge is 0.264 e. The van der Waals surface area contributed by atoms with Crippen LogP contribution in [0.2, 0.25) is 0 Å². The van der Waals surface area contributed by atoms with E-state index in [0.717, 1.165) is 64.8 Å². The quantitative estimate of drug-likeness (QED) is 0.474. The number of halogens is 2. The molecule has 1 aliphatic rings. The minimum Gasteiger partial charge on any atom is -0.350 e. The molecule has 7 nitrogen and oxygen atoms in total. The normalized spacial score (nSPS) is 13.6. The molecule has 0 bridgehead atoms. The van der Waals surface area contributed by atoms with Crippen LogP contribution in [0, 0.1) is 11.6 Å². The van der Waals surface area contributed by atoms with Crippen molar-refractivity contribution in [1.29, 1.82) is 0 Å². The first kappa shape index (κ1) is 25.3.